The molecule has 136 valence electrons. The lowest BCUT2D eigenvalue weighted by Crippen LogP contribution is -2.42. The molecule has 0 fully saturated rings. The predicted octanol–water partition coefficient (Wildman–Crippen LogP) is 3.15. The summed E-state index contributed by atoms with van der Waals surface area (Å²) in [5, 5.41) is 11.8. The number of hydrogen-bond donors (Lipinski definition) is 2. The van der Waals surface area contributed by atoms with Crippen LogP contribution in [0.5, 0.6) is 0 Å². The van der Waals surface area contributed by atoms with E-state index in [-0.39, 0.29) is 31.5 Å². The van der Waals surface area contributed by atoms with Gasteiger partial charge in [-0.05, 0) is 23.3 Å². The number of halogens is 1. The zero-order valence-corrected chi connectivity index (χ0v) is 15.7. The van der Waals surface area contributed by atoms with Crippen LogP contribution in [0.3, 0.4) is 0 Å². The summed E-state index contributed by atoms with van der Waals surface area (Å²) < 4.78 is 0.936. The highest BCUT2D eigenvalue weighted by molar-refractivity contribution is 9.10. The van der Waals surface area contributed by atoms with Crippen LogP contribution in [0.25, 0.3) is 0 Å². The summed E-state index contributed by atoms with van der Waals surface area (Å²) in [6, 6.07) is 15.5. The average molecular weight is 418 g/mol. The van der Waals surface area contributed by atoms with E-state index in [2.05, 4.69) is 21.2 Å². The minimum Gasteiger partial charge on any atom is -0.480 e. The minimum atomic E-state index is -1.09. The van der Waals surface area contributed by atoms with Gasteiger partial charge in [-0.3, -0.25) is 9.59 Å². The van der Waals surface area contributed by atoms with Crippen molar-refractivity contribution in [2.24, 2.45) is 0 Å². The van der Waals surface area contributed by atoms with Crippen molar-refractivity contribution >= 4 is 33.6 Å². The van der Waals surface area contributed by atoms with Crippen LogP contribution >= 0.6 is 15.9 Å². The number of carbonyl (C=O) groups is 3. The fourth-order valence-electron chi connectivity index (χ4n) is 2.49. The molecule has 2 rings (SSSR count). The first kappa shape index (κ1) is 19.8. The van der Waals surface area contributed by atoms with E-state index < -0.39 is 17.9 Å². The van der Waals surface area contributed by atoms with Crippen LogP contribution in [0.1, 0.15) is 24.0 Å². The molecule has 0 spiro atoms. The Balaban J connectivity index is 1.81. The second kappa shape index (κ2) is 9.87. The van der Waals surface area contributed by atoms with Gasteiger partial charge in [-0.25, -0.2) is 4.79 Å². The van der Waals surface area contributed by atoms with Gasteiger partial charge in [0.05, 0.1) is 0 Å². The molecule has 0 aliphatic rings. The number of ketones is 1. The van der Waals surface area contributed by atoms with Gasteiger partial charge >= 0.3 is 5.97 Å². The smallest absolute Gasteiger partial charge is 0.326 e. The van der Waals surface area contributed by atoms with Crippen molar-refractivity contribution in [3.05, 3.63) is 70.2 Å². The lowest BCUT2D eigenvalue weighted by molar-refractivity contribution is -0.141. The van der Waals surface area contributed by atoms with E-state index in [4.69, 9.17) is 0 Å². The van der Waals surface area contributed by atoms with Gasteiger partial charge < -0.3 is 10.4 Å². The van der Waals surface area contributed by atoms with E-state index in [0.717, 1.165) is 15.6 Å². The Hall–Kier alpha value is -2.47. The van der Waals surface area contributed by atoms with Crippen molar-refractivity contribution in [1.29, 1.82) is 0 Å². The number of nitrogens with one attached hydrogen (secondary N) is 1. The zero-order valence-electron chi connectivity index (χ0n) is 14.2. The van der Waals surface area contributed by atoms with Gasteiger partial charge in [0.25, 0.3) is 0 Å². The molecule has 2 aromatic rings. The molecule has 0 bridgehead atoms. The van der Waals surface area contributed by atoms with Crippen molar-refractivity contribution in [2.45, 2.75) is 31.7 Å². The minimum absolute atomic E-state index is 0.0199. The Labute approximate surface area is 160 Å². The van der Waals surface area contributed by atoms with Gasteiger partial charge in [0.2, 0.25) is 5.91 Å². The van der Waals surface area contributed by atoms with E-state index in [1.54, 1.807) is 0 Å². The number of Topliss-reactive ketones (excluding diaryl/α,β-unsaturated/α-hetero) is 1. The third-order valence-corrected chi connectivity index (χ3v) is 4.39. The maximum Gasteiger partial charge on any atom is 0.326 e. The molecule has 0 saturated heterocycles. The largest absolute Gasteiger partial charge is 0.480 e. The van der Waals surface area contributed by atoms with Gasteiger partial charge in [0.1, 0.15) is 11.8 Å². The van der Waals surface area contributed by atoms with Crippen molar-refractivity contribution in [3.63, 3.8) is 0 Å². The molecule has 0 heterocycles. The molecular formula is C20H20BrNO4. The molecule has 0 radical (unpaired) electrons. The number of carbonyl (C=O) groups excluding carboxylic acids is 2. The first-order valence-corrected chi connectivity index (χ1v) is 9.05. The van der Waals surface area contributed by atoms with Gasteiger partial charge in [0.15, 0.2) is 0 Å². The van der Waals surface area contributed by atoms with Crippen LogP contribution in [0, 0.1) is 0 Å². The predicted molar refractivity (Wildman–Crippen MR) is 102 cm³/mol. The quantitative estimate of drug-likeness (QED) is 0.656. The molecule has 0 saturated carbocycles. The molecule has 0 unspecified atom stereocenters. The summed E-state index contributed by atoms with van der Waals surface area (Å²) in [6.07, 6.45) is 0.523. The topological polar surface area (TPSA) is 83.5 Å². The number of benzene rings is 2. The highest BCUT2D eigenvalue weighted by Gasteiger charge is 2.20. The van der Waals surface area contributed by atoms with Crippen LogP contribution in [0.2, 0.25) is 0 Å². The summed E-state index contributed by atoms with van der Waals surface area (Å²) in [4.78, 5) is 35.4. The molecule has 2 N–H and O–H groups in total. The monoisotopic (exact) mass is 417 g/mol. The molecular weight excluding hydrogens is 398 g/mol. The second-order valence-corrected chi connectivity index (χ2v) is 6.91. The molecule has 6 heteroatoms. The highest BCUT2D eigenvalue weighted by atomic mass is 79.9. The number of amides is 1. The molecule has 5 nitrogen and oxygen atoms in total. The third kappa shape index (κ3) is 6.80. The van der Waals surface area contributed by atoms with Gasteiger partial charge in [-0.15, -0.1) is 0 Å². The Morgan fingerprint density at radius 2 is 1.58 bits per heavy atom. The van der Waals surface area contributed by atoms with E-state index >= 15 is 0 Å². The van der Waals surface area contributed by atoms with E-state index in [1.165, 1.54) is 0 Å². The summed E-state index contributed by atoms with van der Waals surface area (Å²) >= 11 is 3.33. The molecule has 0 aromatic heterocycles. The third-order valence-electron chi connectivity index (χ3n) is 3.86. The van der Waals surface area contributed by atoms with Crippen LogP contribution in [-0.2, 0) is 27.2 Å². The maximum atomic E-state index is 12.0. The molecule has 1 atom stereocenters. The molecule has 0 aliphatic heterocycles. The fourth-order valence-corrected chi connectivity index (χ4v) is 2.75. The number of hydrogen-bond acceptors (Lipinski definition) is 3. The Kier molecular flexibility index (Phi) is 7.53. The van der Waals surface area contributed by atoms with Gasteiger partial charge in [0, 0.05) is 30.2 Å². The molecule has 1 amide bonds. The molecule has 0 aliphatic carbocycles. The number of rotatable bonds is 9. The van der Waals surface area contributed by atoms with Gasteiger partial charge in [-0.2, -0.15) is 0 Å². The normalized spacial score (nSPS) is 11.6. The Morgan fingerprint density at radius 1 is 0.923 bits per heavy atom. The summed E-state index contributed by atoms with van der Waals surface area (Å²) in [6.45, 7) is 0. The van der Waals surface area contributed by atoms with Crippen molar-refractivity contribution in [3.8, 4) is 0 Å². The van der Waals surface area contributed by atoms with Crippen LogP contribution in [0.15, 0.2) is 59.1 Å². The van der Waals surface area contributed by atoms with Crippen molar-refractivity contribution in [2.75, 3.05) is 0 Å². The lowest BCUT2D eigenvalue weighted by atomic mass is 10.0. The maximum absolute atomic E-state index is 12.0. The first-order chi connectivity index (χ1) is 12.4. The van der Waals surface area contributed by atoms with Crippen molar-refractivity contribution in [1.82, 2.24) is 5.32 Å². The number of aliphatic carboxylic acids is 1. The van der Waals surface area contributed by atoms with E-state index in [9.17, 15) is 19.5 Å². The zero-order chi connectivity index (χ0) is 18.9. The number of carboxylic acids is 1. The van der Waals surface area contributed by atoms with E-state index in [1.807, 2.05) is 54.6 Å². The highest BCUT2D eigenvalue weighted by Crippen LogP contribution is 2.12. The van der Waals surface area contributed by atoms with Gasteiger partial charge in [-0.1, -0.05) is 58.4 Å². The Bertz CT molecular complexity index is 759. The number of carboxylic acid groups (broad SMARTS) is 1. The summed E-state index contributed by atoms with van der Waals surface area (Å²) in [5.74, 6) is -1.58. The summed E-state index contributed by atoms with van der Waals surface area (Å²) in [5.41, 5.74) is 1.71. The lowest BCUT2D eigenvalue weighted by Gasteiger charge is -2.14. The van der Waals surface area contributed by atoms with Crippen LogP contribution < -0.4 is 5.32 Å². The fraction of sp³-hybridized carbons (Fsp3) is 0.250. The van der Waals surface area contributed by atoms with Crippen molar-refractivity contribution < 1.29 is 19.5 Å². The SMILES string of the molecule is O=C(CCC(=O)N[C@@H](Cc1ccccc1)C(=O)O)Cc1ccc(Br)cc1. The Morgan fingerprint density at radius 3 is 2.19 bits per heavy atom. The first-order valence-electron chi connectivity index (χ1n) is 8.26. The van der Waals surface area contributed by atoms with E-state index in [0.29, 0.717) is 0 Å². The second-order valence-electron chi connectivity index (χ2n) is 5.99. The van der Waals surface area contributed by atoms with Crippen LogP contribution in [0.4, 0.5) is 0 Å². The standard InChI is InChI=1S/C20H20BrNO4/c21-16-8-6-15(7-9-16)12-17(23)10-11-19(24)22-18(20(25)26)13-14-4-2-1-3-5-14/h1-9,18H,10-13H2,(H,22,24)(H,25,26)/t18-/m0/s1. The molecule has 26 heavy (non-hydrogen) atoms. The summed E-state index contributed by atoms with van der Waals surface area (Å²) in [7, 11) is 0. The van der Waals surface area contributed by atoms with Crippen LogP contribution in [-0.4, -0.2) is 28.8 Å². The molecule has 2 aromatic carbocycles. The average Bonchev–Trinajstić information content (AvgIpc) is 2.62.